The topological polar surface area (TPSA) is 37.3 Å². The van der Waals surface area contributed by atoms with Crippen molar-refractivity contribution in [2.45, 2.75) is 33.1 Å². The van der Waals surface area contributed by atoms with Gasteiger partial charge in [0.15, 0.2) is 7.14 Å². The summed E-state index contributed by atoms with van der Waals surface area (Å²) in [4.78, 5) is 0. The van der Waals surface area contributed by atoms with Crippen LogP contribution >= 0.6 is 7.14 Å². The summed E-state index contributed by atoms with van der Waals surface area (Å²) < 4.78 is 15.6. The van der Waals surface area contributed by atoms with E-state index in [-0.39, 0.29) is 11.2 Å². The van der Waals surface area contributed by atoms with Gasteiger partial charge in [-0.2, -0.15) is 0 Å². The van der Waals surface area contributed by atoms with Crippen molar-refractivity contribution in [3.05, 3.63) is 132 Å². The van der Waals surface area contributed by atoms with Gasteiger partial charge in [-0.15, -0.1) is 0 Å². The first-order valence-electron chi connectivity index (χ1n) is 11.3. The molecule has 3 aliphatic rings. The van der Waals surface area contributed by atoms with Gasteiger partial charge in [0.25, 0.3) is 0 Å². The molecule has 2 aromatic rings. The molecule has 1 unspecified atom stereocenters. The van der Waals surface area contributed by atoms with Crippen LogP contribution in [0.25, 0.3) is 0 Å². The van der Waals surface area contributed by atoms with Crippen molar-refractivity contribution in [1.82, 2.24) is 0 Å². The fourth-order valence-electron chi connectivity index (χ4n) is 4.93. The zero-order valence-corrected chi connectivity index (χ0v) is 20.4. The molecule has 5 rings (SSSR count). The average Bonchev–Trinajstić information content (AvgIpc) is 3.15. The molecule has 0 amide bonds. The van der Waals surface area contributed by atoms with E-state index in [2.05, 4.69) is 45.1 Å². The van der Waals surface area contributed by atoms with Crippen LogP contribution in [0, 0.1) is 36.3 Å². The van der Waals surface area contributed by atoms with Crippen LogP contribution in [0.1, 0.15) is 31.9 Å². The second-order valence-corrected chi connectivity index (χ2v) is 12.5. The van der Waals surface area contributed by atoms with Crippen LogP contribution < -0.4 is 10.6 Å². The summed E-state index contributed by atoms with van der Waals surface area (Å²) in [5.41, 5.74) is 2.32. The summed E-state index contributed by atoms with van der Waals surface area (Å²) >= 11 is 0. The maximum Gasteiger partial charge on any atom is 0.155 e. The Bertz CT molecular complexity index is 1190. The van der Waals surface area contributed by atoms with Crippen LogP contribution in [0.15, 0.2) is 91.1 Å². The van der Waals surface area contributed by atoms with E-state index in [1.165, 1.54) is 0 Å². The van der Waals surface area contributed by atoms with E-state index in [0.717, 1.165) is 45.8 Å². The van der Waals surface area contributed by atoms with Crippen molar-refractivity contribution < 1.29 is 9.67 Å². The number of phenolic OH excluding ortho intramolecular Hbond substituents is 1. The Hall–Kier alpha value is -2.57. The number of rotatable bonds is 3. The largest absolute Gasteiger partial charge is 0.507 e. The molecule has 165 valence electrons. The zero-order valence-electron chi connectivity index (χ0n) is 19.5. The normalized spacial score (nSPS) is 21.3. The number of hydrogen-bond donors (Lipinski definition) is 1. The van der Waals surface area contributed by atoms with Crippen LogP contribution in [0.5, 0.6) is 5.75 Å². The van der Waals surface area contributed by atoms with Crippen LogP contribution in [0.3, 0.4) is 0 Å². The van der Waals surface area contributed by atoms with Gasteiger partial charge in [0.1, 0.15) is 5.75 Å². The summed E-state index contributed by atoms with van der Waals surface area (Å²) in [6, 6.07) is 13.6. The van der Waals surface area contributed by atoms with E-state index < -0.39 is 7.14 Å². The van der Waals surface area contributed by atoms with Gasteiger partial charge in [-0.05, 0) is 24.0 Å². The lowest BCUT2D eigenvalue weighted by Crippen LogP contribution is -2.27. The van der Waals surface area contributed by atoms with Crippen molar-refractivity contribution in [3.63, 3.8) is 0 Å². The highest BCUT2D eigenvalue weighted by Gasteiger charge is 2.58. The third kappa shape index (κ3) is 3.51. The number of benzene rings is 2. The zero-order chi connectivity index (χ0) is 23.4. The number of phenols is 1. The maximum atomic E-state index is 15.6. The molecular formula is C30H28O2P. The molecule has 33 heavy (non-hydrogen) atoms. The first-order valence-corrected chi connectivity index (χ1v) is 13.0. The van der Waals surface area contributed by atoms with Gasteiger partial charge >= 0.3 is 0 Å². The summed E-state index contributed by atoms with van der Waals surface area (Å²) in [7, 11) is -3.43. The lowest BCUT2D eigenvalue weighted by atomic mass is 9.83. The first kappa shape index (κ1) is 22.2. The van der Waals surface area contributed by atoms with Crippen molar-refractivity contribution in [2.75, 3.05) is 0 Å². The van der Waals surface area contributed by atoms with E-state index in [1.807, 2.05) is 73.7 Å². The Morgan fingerprint density at radius 3 is 1.79 bits per heavy atom. The van der Waals surface area contributed by atoms with Gasteiger partial charge in [-0.25, -0.2) is 0 Å². The van der Waals surface area contributed by atoms with Crippen molar-refractivity contribution >= 4 is 17.8 Å². The highest BCUT2D eigenvalue weighted by atomic mass is 31.2. The average molecular weight is 452 g/mol. The molecule has 0 spiro atoms. The molecule has 3 heteroatoms. The Labute approximate surface area is 197 Å². The second kappa shape index (κ2) is 8.03. The Morgan fingerprint density at radius 2 is 1.27 bits per heavy atom. The molecule has 0 saturated heterocycles. The molecule has 0 bridgehead atoms. The third-order valence-corrected chi connectivity index (χ3v) is 9.63. The standard InChI is InChI=1S/C30H28O2P/c1-20-18-26(30(2,3)4)28(31)27(19-20)33(32,21-12-6-5-7-13-21)29-24-16-10-8-14-22(24)23-15-9-11-17-25(23)29/h5-19,31H,1-4H3. The van der Waals surface area contributed by atoms with Crippen molar-refractivity contribution in [1.29, 1.82) is 0 Å². The number of hydrogen-bond acceptors (Lipinski definition) is 2. The lowest BCUT2D eigenvalue weighted by Gasteiger charge is -2.34. The number of aryl methyl sites for hydroxylation is 1. The quantitative estimate of drug-likeness (QED) is 0.548. The van der Waals surface area contributed by atoms with Gasteiger partial charge in [-0.1, -0.05) is 106 Å². The van der Waals surface area contributed by atoms with Gasteiger partial charge in [-0.3, -0.25) is 0 Å². The fourth-order valence-corrected chi connectivity index (χ4v) is 8.17. The fraction of sp³-hybridized carbons (Fsp3) is 0.167. The summed E-state index contributed by atoms with van der Waals surface area (Å²) in [5.74, 6) is 4.26. The van der Waals surface area contributed by atoms with Gasteiger partial charge in [0, 0.05) is 34.5 Å². The van der Waals surface area contributed by atoms with E-state index in [4.69, 9.17) is 0 Å². The lowest BCUT2D eigenvalue weighted by molar-refractivity contribution is 0.450. The molecule has 0 aromatic heterocycles. The van der Waals surface area contributed by atoms with E-state index in [1.54, 1.807) is 0 Å². The van der Waals surface area contributed by atoms with E-state index in [9.17, 15) is 5.11 Å². The number of aromatic hydroxyl groups is 1. The second-order valence-electron chi connectivity index (χ2n) is 9.81. The van der Waals surface area contributed by atoms with Crippen LogP contribution in [-0.4, -0.2) is 5.11 Å². The third-order valence-electron chi connectivity index (χ3n) is 6.47. The predicted molar refractivity (Wildman–Crippen MR) is 138 cm³/mol. The summed E-state index contributed by atoms with van der Waals surface area (Å²) in [6.45, 7) is 8.23. The molecule has 0 heterocycles. The SMILES string of the molecule is Cc1cc(C(C)(C)C)c(O)c(P(=O)([C]2[C]3C=CC=C[C]3[C]3C=CC=C[C]32)c2ccccc2)c1. The molecule has 1 N–H and O–H groups in total. The monoisotopic (exact) mass is 451 g/mol. The highest BCUT2D eigenvalue weighted by Crippen LogP contribution is 2.72. The Morgan fingerprint density at radius 1 is 0.758 bits per heavy atom. The molecule has 1 fully saturated rings. The van der Waals surface area contributed by atoms with Gasteiger partial charge in [0.2, 0.25) is 0 Å². The Kier molecular flexibility index (Phi) is 5.41. The summed E-state index contributed by atoms with van der Waals surface area (Å²) in [6.07, 6.45) is 16.3. The minimum Gasteiger partial charge on any atom is -0.507 e. The minimum absolute atomic E-state index is 0.134. The first-order chi connectivity index (χ1) is 15.7. The van der Waals surface area contributed by atoms with E-state index in [0.29, 0.717) is 5.30 Å². The maximum absolute atomic E-state index is 15.6. The van der Waals surface area contributed by atoms with Gasteiger partial charge < -0.3 is 9.67 Å². The molecule has 2 nitrogen and oxygen atoms in total. The molecule has 5 radical (unpaired) electrons. The van der Waals surface area contributed by atoms with Crippen LogP contribution in [0.2, 0.25) is 0 Å². The molecule has 0 aliphatic heterocycles. The van der Waals surface area contributed by atoms with Crippen molar-refractivity contribution in [2.24, 2.45) is 0 Å². The molecular weight excluding hydrogens is 423 g/mol. The Balaban J connectivity index is 1.81. The predicted octanol–water partition coefficient (Wildman–Crippen LogP) is 6.41. The van der Waals surface area contributed by atoms with Crippen LogP contribution in [0.4, 0.5) is 0 Å². The van der Waals surface area contributed by atoms with E-state index >= 15 is 4.57 Å². The molecule has 3 aliphatic carbocycles. The van der Waals surface area contributed by atoms with Crippen molar-refractivity contribution in [3.8, 4) is 5.75 Å². The number of allylic oxidation sites excluding steroid dienone is 8. The number of fused-ring (bicyclic) bond motifs is 3. The smallest absolute Gasteiger partial charge is 0.155 e. The molecule has 1 atom stereocenters. The summed E-state index contributed by atoms with van der Waals surface area (Å²) in [5, 5.41) is 12.9. The molecule has 2 aromatic carbocycles. The van der Waals surface area contributed by atoms with Crippen LogP contribution in [-0.2, 0) is 9.98 Å². The molecule has 1 saturated carbocycles. The highest BCUT2D eigenvalue weighted by molar-refractivity contribution is 7.82. The van der Waals surface area contributed by atoms with Gasteiger partial charge in [0.05, 0.1) is 11.0 Å². The minimum atomic E-state index is -3.43.